The summed E-state index contributed by atoms with van der Waals surface area (Å²) in [4.78, 5) is 6.42. The van der Waals surface area contributed by atoms with Gasteiger partial charge in [0.25, 0.3) is 0 Å². The number of furan rings is 1. The van der Waals surface area contributed by atoms with Gasteiger partial charge in [-0.15, -0.1) is 0 Å². The highest BCUT2D eigenvalue weighted by Gasteiger charge is 2.49. The Balaban J connectivity index is 1.17. The monoisotopic (exact) mass is 723 g/mol. The molecule has 0 saturated heterocycles. The fourth-order valence-corrected chi connectivity index (χ4v) is 10.4. The van der Waals surface area contributed by atoms with E-state index in [0.717, 1.165) is 49.8 Å². The third-order valence-corrected chi connectivity index (χ3v) is 12.7. The van der Waals surface area contributed by atoms with E-state index in [4.69, 9.17) is 4.42 Å². The highest BCUT2D eigenvalue weighted by Crippen LogP contribution is 2.59. The third-order valence-electron chi connectivity index (χ3n) is 12.7. The van der Waals surface area contributed by atoms with E-state index in [-0.39, 0.29) is 0 Å². The van der Waals surface area contributed by atoms with Crippen molar-refractivity contribution in [1.29, 1.82) is 0 Å². The van der Waals surface area contributed by atoms with Gasteiger partial charge >= 0.3 is 0 Å². The molecule has 3 nitrogen and oxygen atoms in total. The second-order valence-corrected chi connectivity index (χ2v) is 15.4. The zero-order valence-corrected chi connectivity index (χ0v) is 30.8. The summed E-state index contributed by atoms with van der Waals surface area (Å²) >= 11 is 0. The summed E-state index contributed by atoms with van der Waals surface area (Å²) in [6.07, 6.45) is 0. The molecule has 263 valence electrons. The molecule has 9 aromatic carbocycles. The van der Waals surface area contributed by atoms with E-state index in [1.807, 2.05) is 0 Å². The molecular formula is C53H32BN2O. The molecule has 13 rings (SSSR count). The molecule has 2 aliphatic rings. The molecule has 1 N–H and O–H groups in total. The topological polar surface area (TPSA) is 32.2 Å². The average molecular weight is 724 g/mol. The average Bonchev–Trinajstić information content (AvgIpc) is 3.86. The van der Waals surface area contributed by atoms with Crippen LogP contribution in [0.15, 0.2) is 192 Å². The standard InChI is InChI=1S/C53H32BN2O/c1-3-16-33(17-4-1)53(34-18-5-2-6-19-34)41-24-10-11-27-45(41)56-50-42(53)25-14-26-43(50)54-48-39(31-40-36-21-9-12-28-46(36)57-52(40)51(48)56)37-22-13-23-38-47-35-20-8-7-15-32(35)29-30-44(47)55-49(37)38/h1-31,55H. The lowest BCUT2D eigenvalue weighted by Crippen LogP contribution is -2.47. The number of fused-ring (bicyclic) bond motifs is 13. The molecule has 11 aromatic rings. The largest absolute Gasteiger partial charge is 0.454 e. The Morgan fingerprint density at radius 2 is 1.19 bits per heavy atom. The molecule has 0 bridgehead atoms. The number of benzene rings is 9. The third kappa shape index (κ3) is 4.01. The molecule has 2 aliphatic heterocycles. The first-order chi connectivity index (χ1) is 28.3. The Bertz CT molecular complexity index is 3410. The first-order valence-corrected chi connectivity index (χ1v) is 19.7. The first kappa shape index (κ1) is 31.0. The van der Waals surface area contributed by atoms with Crippen LogP contribution in [0.3, 0.4) is 0 Å². The molecule has 0 amide bonds. The van der Waals surface area contributed by atoms with E-state index in [0.29, 0.717) is 0 Å². The Labute approximate surface area is 329 Å². The first-order valence-electron chi connectivity index (χ1n) is 19.7. The molecule has 2 aromatic heterocycles. The number of nitrogens with zero attached hydrogens (tertiary/aromatic N) is 1. The fourth-order valence-electron chi connectivity index (χ4n) is 10.4. The summed E-state index contributed by atoms with van der Waals surface area (Å²) in [5.74, 6) is 0. The van der Waals surface area contributed by atoms with E-state index < -0.39 is 5.41 Å². The van der Waals surface area contributed by atoms with Gasteiger partial charge in [0.2, 0.25) is 0 Å². The number of para-hydroxylation sites is 4. The zero-order valence-electron chi connectivity index (χ0n) is 30.8. The SMILES string of the molecule is [B]1c2cccc3c2N(c2ccccc2C3(c2ccccc2)c2ccccc2)c2c1c(-c1cccc3c1[nH]c1ccc4ccccc4c13)cc1c2oc2ccccc21. The van der Waals surface area contributed by atoms with Gasteiger partial charge in [-0.05, 0) is 68.3 Å². The highest BCUT2D eigenvalue weighted by atomic mass is 16.3. The summed E-state index contributed by atoms with van der Waals surface area (Å²) in [7, 11) is 2.41. The molecule has 0 unspecified atom stereocenters. The van der Waals surface area contributed by atoms with Crippen molar-refractivity contribution >= 4 is 89.8 Å². The van der Waals surface area contributed by atoms with Gasteiger partial charge in [0.15, 0.2) is 12.9 Å². The second-order valence-electron chi connectivity index (χ2n) is 15.4. The predicted molar refractivity (Wildman–Crippen MR) is 238 cm³/mol. The van der Waals surface area contributed by atoms with Crippen molar-refractivity contribution in [2.75, 3.05) is 4.90 Å². The number of aromatic nitrogens is 1. The number of aromatic amines is 1. The Kier molecular flexibility index (Phi) is 6.18. The Morgan fingerprint density at radius 3 is 2.04 bits per heavy atom. The van der Waals surface area contributed by atoms with Crippen LogP contribution in [0.25, 0.3) is 65.6 Å². The van der Waals surface area contributed by atoms with Gasteiger partial charge in [0, 0.05) is 38.3 Å². The Hall–Kier alpha value is -7.30. The fraction of sp³-hybridized carbons (Fsp3) is 0.0189. The molecular weight excluding hydrogens is 691 g/mol. The normalized spacial score (nSPS) is 13.9. The van der Waals surface area contributed by atoms with Crippen molar-refractivity contribution in [2.45, 2.75) is 5.41 Å². The molecule has 4 heteroatoms. The van der Waals surface area contributed by atoms with Crippen molar-refractivity contribution < 1.29 is 4.42 Å². The second kappa shape index (κ2) is 11.4. The van der Waals surface area contributed by atoms with Gasteiger partial charge in [-0.1, -0.05) is 169 Å². The quantitative estimate of drug-likeness (QED) is 0.184. The number of hydrogen-bond acceptors (Lipinski definition) is 2. The summed E-state index contributed by atoms with van der Waals surface area (Å²) in [6.45, 7) is 0. The lowest BCUT2D eigenvalue weighted by Gasteiger charge is -2.49. The summed E-state index contributed by atoms with van der Waals surface area (Å²) < 4.78 is 7.00. The minimum atomic E-state index is -0.560. The molecule has 0 atom stereocenters. The van der Waals surface area contributed by atoms with Crippen LogP contribution >= 0.6 is 0 Å². The van der Waals surface area contributed by atoms with Crippen molar-refractivity contribution in [3.8, 4) is 11.1 Å². The minimum Gasteiger partial charge on any atom is -0.454 e. The lowest BCUT2D eigenvalue weighted by atomic mass is 9.54. The van der Waals surface area contributed by atoms with Gasteiger partial charge < -0.3 is 14.3 Å². The van der Waals surface area contributed by atoms with E-state index in [9.17, 15) is 0 Å². The maximum atomic E-state index is 7.00. The highest BCUT2D eigenvalue weighted by molar-refractivity contribution is 6.74. The maximum absolute atomic E-state index is 7.00. The van der Waals surface area contributed by atoms with Gasteiger partial charge in [0.1, 0.15) is 5.58 Å². The van der Waals surface area contributed by atoms with Gasteiger partial charge in [0.05, 0.1) is 22.3 Å². The van der Waals surface area contributed by atoms with Crippen LogP contribution in [0.5, 0.6) is 0 Å². The number of H-pyrrole nitrogens is 1. The van der Waals surface area contributed by atoms with Crippen molar-refractivity contribution in [3.05, 3.63) is 210 Å². The molecule has 4 heterocycles. The summed E-state index contributed by atoms with van der Waals surface area (Å²) in [6, 6.07) is 68.7. The lowest BCUT2D eigenvalue weighted by molar-refractivity contribution is 0.668. The van der Waals surface area contributed by atoms with Crippen LogP contribution in [-0.4, -0.2) is 12.3 Å². The number of anilines is 3. The van der Waals surface area contributed by atoms with Crippen molar-refractivity contribution in [1.82, 2.24) is 4.98 Å². The van der Waals surface area contributed by atoms with Crippen LogP contribution in [-0.2, 0) is 5.41 Å². The number of nitrogens with one attached hydrogen (secondary N) is 1. The minimum absolute atomic E-state index is 0.560. The molecule has 1 radical (unpaired) electrons. The maximum Gasteiger partial charge on any atom is 0.198 e. The molecule has 0 fully saturated rings. The molecule has 0 saturated carbocycles. The van der Waals surface area contributed by atoms with Gasteiger partial charge in [-0.25, -0.2) is 0 Å². The van der Waals surface area contributed by atoms with E-state index in [1.54, 1.807) is 0 Å². The van der Waals surface area contributed by atoms with Crippen LogP contribution < -0.4 is 15.8 Å². The van der Waals surface area contributed by atoms with Crippen molar-refractivity contribution in [2.24, 2.45) is 0 Å². The van der Waals surface area contributed by atoms with Crippen LogP contribution in [0.1, 0.15) is 22.3 Å². The van der Waals surface area contributed by atoms with Crippen LogP contribution in [0.4, 0.5) is 17.1 Å². The zero-order chi connectivity index (χ0) is 37.2. The molecule has 0 aliphatic carbocycles. The number of hydrogen-bond donors (Lipinski definition) is 1. The smallest absolute Gasteiger partial charge is 0.198 e. The number of rotatable bonds is 3. The van der Waals surface area contributed by atoms with Crippen LogP contribution in [0, 0.1) is 0 Å². The summed E-state index contributed by atoms with van der Waals surface area (Å²) in [5.41, 5.74) is 16.5. The predicted octanol–water partition coefficient (Wildman–Crippen LogP) is 12.2. The van der Waals surface area contributed by atoms with Crippen molar-refractivity contribution in [3.63, 3.8) is 0 Å². The van der Waals surface area contributed by atoms with E-state index in [1.165, 1.54) is 66.1 Å². The van der Waals surface area contributed by atoms with Gasteiger partial charge in [-0.2, -0.15) is 0 Å². The van der Waals surface area contributed by atoms with Gasteiger partial charge in [-0.3, -0.25) is 0 Å². The molecule has 0 spiro atoms. The summed E-state index contributed by atoms with van der Waals surface area (Å²) in [5, 5.41) is 7.20. The Morgan fingerprint density at radius 1 is 0.509 bits per heavy atom. The van der Waals surface area contributed by atoms with Crippen LogP contribution in [0.2, 0.25) is 0 Å². The van der Waals surface area contributed by atoms with E-state index in [2.05, 4.69) is 205 Å². The molecule has 57 heavy (non-hydrogen) atoms. The van der Waals surface area contributed by atoms with E-state index >= 15 is 0 Å².